The van der Waals surface area contributed by atoms with Crippen LogP contribution < -0.4 is 9.80 Å². The molecule has 2 aliphatic carbocycles. The SMILES string of the molecule is C1=CC2C=CC=C(N(c3ccc(-c4ccc(N(c5ccc(-c6cccc7c6oc6ccccc67)cc5)c5cccc6ccccc56)cc4)cc3)c3ccc(-c4cccc5c4oc4ccccc45)cc3)C2C=C1. The second-order valence-corrected chi connectivity index (χ2v) is 18.8. The van der Waals surface area contributed by atoms with Gasteiger partial charge in [0.25, 0.3) is 0 Å². The van der Waals surface area contributed by atoms with Crippen molar-refractivity contribution < 1.29 is 8.83 Å². The number of nitrogens with zero attached hydrogens (tertiary/aromatic N) is 2. The molecule has 0 saturated heterocycles. The number of para-hydroxylation sites is 4. The number of rotatable bonds is 9. The Kier molecular flexibility index (Phi) is 9.95. The van der Waals surface area contributed by atoms with Crippen LogP contribution in [0.3, 0.4) is 0 Å². The maximum absolute atomic E-state index is 6.45. The molecule has 0 amide bonds. The molecule has 0 saturated carbocycles. The lowest BCUT2D eigenvalue weighted by Crippen LogP contribution is -2.27. The summed E-state index contributed by atoms with van der Waals surface area (Å²) in [6.07, 6.45) is 15.8. The first kappa shape index (κ1) is 41.6. The summed E-state index contributed by atoms with van der Waals surface area (Å²) in [5.41, 5.74) is 17.0. The maximum atomic E-state index is 6.45. The molecule has 72 heavy (non-hydrogen) atoms. The Hall–Kier alpha value is -9.38. The van der Waals surface area contributed by atoms with E-state index in [-0.39, 0.29) is 5.92 Å². The summed E-state index contributed by atoms with van der Waals surface area (Å²) in [6, 6.07) is 80.4. The third kappa shape index (κ3) is 7.07. The van der Waals surface area contributed by atoms with Crippen LogP contribution in [-0.2, 0) is 0 Å². The van der Waals surface area contributed by atoms with E-state index in [1.54, 1.807) is 0 Å². The van der Waals surface area contributed by atoms with Crippen molar-refractivity contribution in [1.82, 2.24) is 0 Å². The molecule has 2 aliphatic rings. The van der Waals surface area contributed by atoms with Crippen LogP contribution in [0.2, 0.25) is 0 Å². The summed E-state index contributed by atoms with van der Waals surface area (Å²) in [5, 5.41) is 6.91. The van der Waals surface area contributed by atoms with E-state index >= 15 is 0 Å². The van der Waals surface area contributed by atoms with E-state index in [0.29, 0.717) is 5.92 Å². The average molecular weight is 923 g/mol. The van der Waals surface area contributed by atoms with Crippen LogP contribution in [-0.4, -0.2) is 0 Å². The van der Waals surface area contributed by atoms with Crippen molar-refractivity contribution in [1.29, 1.82) is 0 Å². The predicted molar refractivity (Wildman–Crippen MR) is 301 cm³/mol. The van der Waals surface area contributed by atoms with Crippen molar-refractivity contribution in [3.05, 3.63) is 273 Å². The highest BCUT2D eigenvalue weighted by atomic mass is 16.3. The molecule has 4 heteroatoms. The van der Waals surface area contributed by atoms with Crippen LogP contribution in [0.1, 0.15) is 0 Å². The molecule has 0 radical (unpaired) electrons. The molecular formula is C68H46N2O2. The van der Waals surface area contributed by atoms with E-state index in [9.17, 15) is 0 Å². The van der Waals surface area contributed by atoms with E-state index in [1.165, 1.54) is 16.5 Å². The van der Waals surface area contributed by atoms with E-state index in [4.69, 9.17) is 8.83 Å². The normalized spacial score (nSPS) is 15.1. The Balaban J connectivity index is 0.802. The van der Waals surface area contributed by atoms with Crippen LogP contribution in [0.5, 0.6) is 0 Å². The molecule has 2 heterocycles. The predicted octanol–water partition coefficient (Wildman–Crippen LogP) is 19.1. The Labute approximate surface area is 417 Å². The van der Waals surface area contributed by atoms with Crippen molar-refractivity contribution in [2.75, 3.05) is 9.80 Å². The first-order valence-corrected chi connectivity index (χ1v) is 24.7. The van der Waals surface area contributed by atoms with Gasteiger partial charge in [-0.05, 0) is 100 Å². The van der Waals surface area contributed by atoms with Gasteiger partial charge in [-0.15, -0.1) is 0 Å². The largest absolute Gasteiger partial charge is 0.455 e. The summed E-state index contributed by atoms with van der Waals surface area (Å²) < 4.78 is 12.9. The Bertz CT molecular complexity index is 4150. The van der Waals surface area contributed by atoms with Gasteiger partial charge in [-0.1, -0.05) is 194 Å². The third-order valence-corrected chi connectivity index (χ3v) is 14.7. The van der Waals surface area contributed by atoms with Crippen molar-refractivity contribution >= 4 is 83.1 Å². The second-order valence-electron chi connectivity index (χ2n) is 18.8. The summed E-state index contributed by atoms with van der Waals surface area (Å²) in [4.78, 5) is 4.79. The molecule has 0 bridgehead atoms. The second kappa shape index (κ2) is 17.2. The van der Waals surface area contributed by atoms with Crippen LogP contribution >= 0.6 is 0 Å². The van der Waals surface area contributed by atoms with Crippen molar-refractivity contribution in [2.24, 2.45) is 11.8 Å². The molecule has 2 atom stereocenters. The highest BCUT2D eigenvalue weighted by molar-refractivity contribution is 6.11. The number of fused-ring (bicyclic) bond motifs is 8. The number of benzene rings is 10. The number of hydrogen-bond acceptors (Lipinski definition) is 4. The number of hydrogen-bond donors (Lipinski definition) is 0. The zero-order valence-electron chi connectivity index (χ0n) is 39.3. The van der Waals surface area contributed by atoms with Gasteiger partial charge in [0.05, 0.1) is 5.69 Å². The van der Waals surface area contributed by atoms with Gasteiger partial charge in [0.15, 0.2) is 0 Å². The van der Waals surface area contributed by atoms with Crippen molar-refractivity contribution in [3.8, 4) is 33.4 Å². The Morgan fingerprint density at radius 1 is 0.319 bits per heavy atom. The zero-order valence-corrected chi connectivity index (χ0v) is 39.3. The third-order valence-electron chi connectivity index (χ3n) is 14.7. The zero-order chi connectivity index (χ0) is 47.5. The molecule has 4 nitrogen and oxygen atoms in total. The van der Waals surface area contributed by atoms with Gasteiger partial charge in [-0.2, -0.15) is 0 Å². The molecule has 0 aliphatic heterocycles. The minimum absolute atomic E-state index is 0.211. The van der Waals surface area contributed by atoms with Crippen molar-refractivity contribution in [2.45, 2.75) is 0 Å². The maximum Gasteiger partial charge on any atom is 0.143 e. The fourth-order valence-electron chi connectivity index (χ4n) is 11.1. The molecule has 0 N–H and O–H groups in total. The van der Waals surface area contributed by atoms with Crippen molar-refractivity contribution in [3.63, 3.8) is 0 Å². The van der Waals surface area contributed by atoms with E-state index in [1.807, 2.05) is 24.3 Å². The molecular weight excluding hydrogens is 877 g/mol. The van der Waals surface area contributed by atoms with Gasteiger partial charge in [0.2, 0.25) is 0 Å². The molecule has 340 valence electrons. The van der Waals surface area contributed by atoms with Gasteiger partial charge in [0.1, 0.15) is 22.3 Å². The minimum Gasteiger partial charge on any atom is -0.455 e. The van der Waals surface area contributed by atoms with E-state index < -0.39 is 0 Å². The summed E-state index contributed by atoms with van der Waals surface area (Å²) in [5.74, 6) is 0.507. The number of furan rings is 2. The van der Waals surface area contributed by atoms with Crippen LogP contribution in [0.25, 0.3) is 88.0 Å². The highest BCUT2D eigenvalue weighted by Gasteiger charge is 2.29. The standard InChI is InChI=1S/C68H46N2O2/c1-3-17-55-47(13-1)15-9-25-63(55)69(53-41-33-49(34-42-53)57-21-11-23-61-59-19-5-7-27-65(59)71-67(57)61)51-37-29-45(30-38-51)46-31-39-52(40-32-46)70(64-26-10-16-48-14-2-4-18-56(48)64)54-43-35-50(36-44-54)58-22-12-24-62-60-20-6-8-28-66(60)72-68(58)62/h1-44,47,55H. The van der Waals surface area contributed by atoms with Crippen LogP contribution in [0.4, 0.5) is 28.4 Å². The lowest BCUT2D eigenvalue weighted by molar-refractivity contribution is 0.612. The topological polar surface area (TPSA) is 32.8 Å². The molecule has 0 spiro atoms. The Morgan fingerprint density at radius 2 is 0.750 bits per heavy atom. The lowest BCUT2D eigenvalue weighted by atomic mass is 9.82. The first-order chi connectivity index (χ1) is 35.7. The van der Waals surface area contributed by atoms with Gasteiger partial charge >= 0.3 is 0 Å². The highest BCUT2D eigenvalue weighted by Crippen LogP contribution is 2.45. The quantitative estimate of drug-likeness (QED) is 0.144. The fraction of sp³-hybridized carbons (Fsp3) is 0.0294. The smallest absolute Gasteiger partial charge is 0.143 e. The fourth-order valence-corrected chi connectivity index (χ4v) is 11.1. The summed E-state index contributed by atoms with van der Waals surface area (Å²) >= 11 is 0. The van der Waals surface area contributed by atoms with Crippen LogP contribution in [0.15, 0.2) is 282 Å². The lowest BCUT2D eigenvalue weighted by Gasteiger charge is -2.36. The van der Waals surface area contributed by atoms with Gasteiger partial charge < -0.3 is 18.6 Å². The molecule has 14 rings (SSSR count). The summed E-state index contributed by atoms with van der Waals surface area (Å²) in [6.45, 7) is 0. The molecule has 2 aromatic heterocycles. The molecule has 10 aromatic carbocycles. The van der Waals surface area contributed by atoms with E-state index in [0.717, 1.165) is 106 Å². The molecule has 2 unspecified atom stereocenters. The minimum atomic E-state index is 0.211. The first-order valence-electron chi connectivity index (χ1n) is 24.7. The van der Waals surface area contributed by atoms with Gasteiger partial charge in [-0.3, -0.25) is 0 Å². The van der Waals surface area contributed by atoms with Crippen LogP contribution in [0, 0.1) is 11.8 Å². The number of anilines is 5. The Morgan fingerprint density at radius 3 is 1.32 bits per heavy atom. The number of allylic oxidation sites excluding steroid dienone is 7. The monoisotopic (exact) mass is 922 g/mol. The molecule has 0 fully saturated rings. The summed E-state index contributed by atoms with van der Waals surface area (Å²) in [7, 11) is 0. The average Bonchev–Trinajstić information content (AvgIpc) is 4.03. The van der Waals surface area contributed by atoms with E-state index in [2.05, 4.69) is 253 Å². The van der Waals surface area contributed by atoms with Gasteiger partial charge in [0, 0.05) is 78.3 Å². The van der Waals surface area contributed by atoms with Gasteiger partial charge in [-0.25, -0.2) is 0 Å². The molecule has 12 aromatic rings.